The summed E-state index contributed by atoms with van der Waals surface area (Å²) in [6, 6.07) is -0.438. The molecule has 0 spiro atoms. The lowest BCUT2D eigenvalue weighted by atomic mass is 10.1. The molecule has 1 atom stereocenters. The predicted octanol–water partition coefficient (Wildman–Crippen LogP) is 0.343. The van der Waals surface area contributed by atoms with E-state index in [1.165, 1.54) is 4.90 Å². The van der Waals surface area contributed by atoms with Crippen molar-refractivity contribution in [1.29, 1.82) is 0 Å². The Labute approximate surface area is 86.1 Å². The summed E-state index contributed by atoms with van der Waals surface area (Å²) >= 11 is 0. The number of hydrogen-bond acceptors (Lipinski definition) is 3. The molecular weight excluding hydrogens is 180 g/mol. The zero-order chi connectivity index (χ0) is 11.4. The molecule has 0 fully saturated rings. The highest BCUT2D eigenvalue weighted by molar-refractivity contribution is 5.81. The van der Waals surface area contributed by atoms with Gasteiger partial charge in [0.25, 0.3) is 0 Å². The number of amides is 1. The molecule has 0 heterocycles. The molecule has 0 aromatic rings. The van der Waals surface area contributed by atoms with Crippen molar-refractivity contribution in [3.05, 3.63) is 0 Å². The van der Waals surface area contributed by atoms with Crippen LogP contribution < -0.4 is 5.73 Å². The molecule has 0 aromatic carbocycles. The van der Waals surface area contributed by atoms with Crippen LogP contribution in [0.3, 0.4) is 0 Å². The fourth-order valence-corrected chi connectivity index (χ4v) is 1.38. The number of carbonyl (C=O) groups excluding carboxylic acids is 1. The molecule has 4 heteroatoms. The molecule has 84 valence electrons. The minimum atomic E-state index is -0.865. The van der Waals surface area contributed by atoms with Crippen LogP contribution >= 0.6 is 0 Å². The van der Waals surface area contributed by atoms with Gasteiger partial charge in [0, 0.05) is 13.6 Å². The van der Waals surface area contributed by atoms with Crippen molar-refractivity contribution < 1.29 is 9.90 Å². The zero-order valence-corrected chi connectivity index (χ0v) is 9.58. The van der Waals surface area contributed by atoms with Crippen LogP contribution in [-0.2, 0) is 4.79 Å². The minimum Gasteiger partial charge on any atom is -0.389 e. The Bertz CT molecular complexity index is 187. The van der Waals surface area contributed by atoms with Gasteiger partial charge in [-0.1, -0.05) is 13.3 Å². The summed E-state index contributed by atoms with van der Waals surface area (Å²) in [5.74, 6) is -0.103. The van der Waals surface area contributed by atoms with Gasteiger partial charge in [-0.3, -0.25) is 4.79 Å². The van der Waals surface area contributed by atoms with Crippen molar-refractivity contribution in [2.45, 2.75) is 45.3 Å². The Morgan fingerprint density at radius 2 is 2.07 bits per heavy atom. The Hall–Kier alpha value is -0.610. The minimum absolute atomic E-state index is 0.103. The lowest BCUT2D eigenvalue weighted by molar-refractivity contribution is -0.134. The molecule has 0 aliphatic carbocycles. The summed E-state index contributed by atoms with van der Waals surface area (Å²) in [6.07, 6.45) is 1.58. The van der Waals surface area contributed by atoms with Crippen molar-refractivity contribution in [2.75, 3.05) is 13.6 Å². The van der Waals surface area contributed by atoms with Crippen molar-refractivity contribution in [3.63, 3.8) is 0 Å². The molecule has 0 aliphatic rings. The second-order valence-corrected chi connectivity index (χ2v) is 4.40. The molecular formula is C10H22N2O2. The average molecular weight is 202 g/mol. The zero-order valence-electron chi connectivity index (χ0n) is 9.58. The topological polar surface area (TPSA) is 66.6 Å². The number of nitrogens with two attached hydrogens (primary N) is 1. The summed E-state index contributed by atoms with van der Waals surface area (Å²) in [5, 5.41) is 9.51. The SMILES string of the molecule is CCCC(N)C(=O)N(C)CC(C)(C)O. The van der Waals surface area contributed by atoms with Gasteiger partial charge in [0.1, 0.15) is 0 Å². The highest BCUT2D eigenvalue weighted by Gasteiger charge is 2.22. The summed E-state index contributed by atoms with van der Waals surface area (Å²) in [4.78, 5) is 13.1. The van der Waals surface area contributed by atoms with Crippen LogP contribution in [0.1, 0.15) is 33.6 Å². The van der Waals surface area contributed by atoms with Gasteiger partial charge < -0.3 is 15.7 Å². The van der Waals surface area contributed by atoms with E-state index in [4.69, 9.17) is 5.73 Å². The normalized spacial score (nSPS) is 13.9. The van der Waals surface area contributed by atoms with E-state index in [0.717, 1.165) is 6.42 Å². The van der Waals surface area contributed by atoms with E-state index in [1.54, 1.807) is 20.9 Å². The van der Waals surface area contributed by atoms with Crippen LogP contribution in [0.2, 0.25) is 0 Å². The standard InChI is InChI=1S/C10H22N2O2/c1-5-6-8(11)9(13)12(4)7-10(2,3)14/h8,14H,5-7,11H2,1-4H3. The van der Waals surface area contributed by atoms with Crippen molar-refractivity contribution in [2.24, 2.45) is 5.73 Å². The van der Waals surface area contributed by atoms with Crippen LogP contribution in [0.25, 0.3) is 0 Å². The van der Waals surface area contributed by atoms with Crippen LogP contribution in [0.4, 0.5) is 0 Å². The number of nitrogens with zero attached hydrogens (tertiary/aromatic N) is 1. The van der Waals surface area contributed by atoms with E-state index in [1.807, 2.05) is 6.92 Å². The first kappa shape index (κ1) is 13.4. The predicted molar refractivity (Wildman–Crippen MR) is 56.8 cm³/mol. The third kappa shape index (κ3) is 5.19. The maximum Gasteiger partial charge on any atom is 0.239 e. The molecule has 0 radical (unpaired) electrons. The van der Waals surface area contributed by atoms with E-state index < -0.39 is 11.6 Å². The first-order valence-electron chi connectivity index (χ1n) is 5.01. The van der Waals surface area contributed by atoms with E-state index in [-0.39, 0.29) is 5.91 Å². The Morgan fingerprint density at radius 3 is 2.43 bits per heavy atom. The maximum atomic E-state index is 11.6. The molecule has 4 nitrogen and oxygen atoms in total. The second-order valence-electron chi connectivity index (χ2n) is 4.40. The Balaban J connectivity index is 4.12. The third-order valence-electron chi connectivity index (χ3n) is 1.92. The van der Waals surface area contributed by atoms with Gasteiger partial charge in [0.15, 0.2) is 0 Å². The van der Waals surface area contributed by atoms with E-state index >= 15 is 0 Å². The van der Waals surface area contributed by atoms with Crippen LogP contribution in [0.5, 0.6) is 0 Å². The number of carbonyl (C=O) groups is 1. The van der Waals surface area contributed by atoms with Crippen LogP contribution in [0.15, 0.2) is 0 Å². The van der Waals surface area contributed by atoms with Gasteiger partial charge in [-0.05, 0) is 20.3 Å². The number of rotatable bonds is 5. The number of likely N-dealkylation sites (N-methyl/N-ethyl adjacent to an activating group) is 1. The lowest BCUT2D eigenvalue weighted by Crippen LogP contribution is -2.46. The van der Waals surface area contributed by atoms with Gasteiger partial charge in [0.2, 0.25) is 5.91 Å². The molecule has 0 aromatic heterocycles. The first-order valence-corrected chi connectivity index (χ1v) is 5.01. The number of hydrogen-bond donors (Lipinski definition) is 2. The maximum absolute atomic E-state index is 11.6. The second kappa shape index (κ2) is 5.32. The summed E-state index contributed by atoms with van der Waals surface area (Å²) < 4.78 is 0. The first-order chi connectivity index (χ1) is 6.28. The summed E-state index contributed by atoms with van der Waals surface area (Å²) in [5.41, 5.74) is 4.81. The van der Waals surface area contributed by atoms with Crippen molar-refractivity contribution in [1.82, 2.24) is 4.90 Å². The summed E-state index contributed by atoms with van der Waals surface area (Å²) in [7, 11) is 1.66. The van der Waals surface area contributed by atoms with E-state index in [9.17, 15) is 9.90 Å². The monoisotopic (exact) mass is 202 g/mol. The fraction of sp³-hybridized carbons (Fsp3) is 0.900. The average Bonchev–Trinajstić information content (AvgIpc) is 2.00. The van der Waals surface area contributed by atoms with Gasteiger partial charge in [-0.25, -0.2) is 0 Å². The highest BCUT2D eigenvalue weighted by Crippen LogP contribution is 2.05. The molecule has 1 amide bonds. The lowest BCUT2D eigenvalue weighted by Gasteiger charge is -2.27. The van der Waals surface area contributed by atoms with E-state index in [0.29, 0.717) is 13.0 Å². The highest BCUT2D eigenvalue weighted by atomic mass is 16.3. The molecule has 1 unspecified atom stereocenters. The molecule has 0 saturated heterocycles. The quantitative estimate of drug-likeness (QED) is 0.675. The smallest absolute Gasteiger partial charge is 0.239 e. The van der Waals surface area contributed by atoms with Crippen molar-refractivity contribution in [3.8, 4) is 0 Å². The molecule has 0 bridgehead atoms. The van der Waals surface area contributed by atoms with Gasteiger partial charge in [0.05, 0.1) is 11.6 Å². The molecule has 14 heavy (non-hydrogen) atoms. The third-order valence-corrected chi connectivity index (χ3v) is 1.92. The fourth-order valence-electron chi connectivity index (χ4n) is 1.38. The Morgan fingerprint density at radius 1 is 1.57 bits per heavy atom. The van der Waals surface area contributed by atoms with Gasteiger partial charge in [-0.2, -0.15) is 0 Å². The Kier molecular flexibility index (Phi) is 5.08. The molecule has 3 N–H and O–H groups in total. The molecule has 0 saturated carbocycles. The van der Waals surface area contributed by atoms with Gasteiger partial charge in [-0.15, -0.1) is 0 Å². The molecule has 0 aliphatic heterocycles. The largest absolute Gasteiger partial charge is 0.389 e. The van der Waals surface area contributed by atoms with E-state index in [2.05, 4.69) is 0 Å². The molecule has 0 rings (SSSR count). The van der Waals surface area contributed by atoms with Gasteiger partial charge >= 0.3 is 0 Å². The van der Waals surface area contributed by atoms with Crippen molar-refractivity contribution >= 4 is 5.91 Å². The summed E-state index contributed by atoms with van der Waals surface area (Å²) in [6.45, 7) is 5.64. The number of aliphatic hydroxyl groups is 1. The van der Waals surface area contributed by atoms with Crippen LogP contribution in [-0.4, -0.2) is 41.1 Å². The van der Waals surface area contributed by atoms with Crippen LogP contribution in [0, 0.1) is 0 Å².